The van der Waals surface area contributed by atoms with Crippen molar-refractivity contribution in [3.63, 3.8) is 0 Å². The Hall–Kier alpha value is -4.10. The number of Topliss-reactive ketones (excluding diaryl/α,β-unsaturated/α-hetero) is 1. The highest BCUT2D eigenvalue weighted by molar-refractivity contribution is 7.19. The molecule has 5 rings (SSSR count). The zero-order valence-electron chi connectivity index (χ0n) is 18.4. The number of aromatic nitrogens is 1. The molecule has 34 heavy (non-hydrogen) atoms. The van der Waals surface area contributed by atoms with E-state index in [0.717, 1.165) is 25.9 Å². The van der Waals surface area contributed by atoms with Crippen LogP contribution in [0.15, 0.2) is 79.0 Å². The predicted molar refractivity (Wildman–Crippen MR) is 135 cm³/mol. The number of para-hydroxylation sites is 1. The maximum atomic E-state index is 13.9. The Bertz CT molecular complexity index is 1480. The second-order valence-corrected chi connectivity index (χ2v) is 9.13. The number of hydrogen-bond acceptors (Lipinski definition) is 5. The third kappa shape index (κ3) is 4.25. The molecule has 0 bridgehead atoms. The molecule has 2 heterocycles. The normalized spacial score (nSPS) is 12.0. The molecule has 170 valence electrons. The van der Waals surface area contributed by atoms with Crippen molar-refractivity contribution in [2.75, 3.05) is 12.4 Å². The Labute approximate surface area is 199 Å². The lowest BCUT2D eigenvalue weighted by Crippen LogP contribution is -2.20. The van der Waals surface area contributed by atoms with Gasteiger partial charge in [-0.1, -0.05) is 36.4 Å². The first-order valence-corrected chi connectivity index (χ1v) is 11.6. The first-order chi connectivity index (χ1) is 16.5. The Morgan fingerprint density at radius 2 is 1.85 bits per heavy atom. The first-order valence-electron chi connectivity index (χ1n) is 10.8. The molecule has 0 saturated heterocycles. The van der Waals surface area contributed by atoms with Crippen molar-refractivity contribution in [1.82, 2.24) is 4.98 Å². The Morgan fingerprint density at radius 3 is 2.65 bits per heavy atom. The molecular weight excluding hydrogens is 448 g/mol. The molecule has 0 aliphatic carbocycles. The number of anilines is 1. The summed E-state index contributed by atoms with van der Waals surface area (Å²) in [5, 5.41) is 14.6. The minimum absolute atomic E-state index is 0.0772. The number of hydrogen-bond donors (Lipinski definition) is 3. The van der Waals surface area contributed by atoms with E-state index in [0.29, 0.717) is 22.6 Å². The van der Waals surface area contributed by atoms with Crippen molar-refractivity contribution in [2.45, 2.75) is 12.5 Å². The highest BCUT2D eigenvalue weighted by Gasteiger charge is 2.26. The van der Waals surface area contributed by atoms with E-state index in [2.05, 4.69) is 10.3 Å². The summed E-state index contributed by atoms with van der Waals surface area (Å²) in [6.07, 6.45) is 1.60. The summed E-state index contributed by atoms with van der Waals surface area (Å²) in [6.45, 7) is 0. The van der Waals surface area contributed by atoms with Crippen LogP contribution in [0.3, 0.4) is 0 Å². The van der Waals surface area contributed by atoms with Crippen LogP contribution in [-0.2, 0) is 11.2 Å². The summed E-state index contributed by atoms with van der Waals surface area (Å²) < 4.78 is 6.47. The van der Waals surface area contributed by atoms with Crippen LogP contribution in [0.5, 0.6) is 5.75 Å². The summed E-state index contributed by atoms with van der Waals surface area (Å²) in [7, 11) is 1.53. The van der Waals surface area contributed by atoms with Crippen LogP contribution in [0, 0.1) is 0 Å². The van der Waals surface area contributed by atoms with Gasteiger partial charge in [-0.2, -0.15) is 0 Å². The number of carbonyl (C=O) groups excluding carboxylic acids is 1. The van der Waals surface area contributed by atoms with E-state index in [-0.39, 0.29) is 12.2 Å². The van der Waals surface area contributed by atoms with Gasteiger partial charge < -0.3 is 20.1 Å². The maximum absolute atomic E-state index is 13.9. The molecule has 0 fully saturated rings. The standard InChI is InChI=1S/C27H22N2O4S/c1-33-19-11-16(12-25(30)31)10-18(14-19)29-26(24-13-17-6-2-5-9-23(17)34-24)27(32)21-15-28-22-8-4-3-7-20(21)22/h2-11,13-15,26,28-29H,12H2,1H3,(H,30,31). The summed E-state index contributed by atoms with van der Waals surface area (Å²) >= 11 is 1.56. The number of aromatic amines is 1. The van der Waals surface area contributed by atoms with Gasteiger partial charge in [0.25, 0.3) is 0 Å². The second kappa shape index (κ2) is 9.03. The molecule has 0 radical (unpaired) electrons. The summed E-state index contributed by atoms with van der Waals surface area (Å²) in [5.41, 5.74) is 2.69. The number of methoxy groups -OCH3 is 1. The van der Waals surface area contributed by atoms with Gasteiger partial charge in [-0.3, -0.25) is 9.59 Å². The average molecular weight is 471 g/mol. The number of carboxylic acids is 1. The number of rotatable bonds is 8. The van der Waals surface area contributed by atoms with Crippen LogP contribution in [-0.4, -0.2) is 29.0 Å². The van der Waals surface area contributed by atoms with Crippen LogP contribution in [0.4, 0.5) is 5.69 Å². The number of ketones is 1. The fraction of sp³-hybridized carbons (Fsp3) is 0.111. The number of fused-ring (bicyclic) bond motifs is 2. The van der Waals surface area contributed by atoms with Gasteiger partial charge >= 0.3 is 5.97 Å². The van der Waals surface area contributed by atoms with E-state index < -0.39 is 12.0 Å². The molecule has 0 spiro atoms. The van der Waals surface area contributed by atoms with Gasteiger partial charge in [0.1, 0.15) is 11.8 Å². The molecule has 3 aromatic carbocycles. The van der Waals surface area contributed by atoms with E-state index in [1.165, 1.54) is 7.11 Å². The summed E-state index contributed by atoms with van der Waals surface area (Å²) in [4.78, 5) is 29.3. The number of aliphatic carboxylic acids is 1. The summed E-state index contributed by atoms with van der Waals surface area (Å²) in [6, 6.07) is 22.3. The number of ether oxygens (including phenoxy) is 1. The molecular formula is C27H22N2O4S. The molecule has 0 saturated carbocycles. The van der Waals surface area contributed by atoms with Gasteiger partial charge in [-0.15, -0.1) is 11.3 Å². The van der Waals surface area contributed by atoms with Gasteiger partial charge in [0.05, 0.1) is 13.5 Å². The van der Waals surface area contributed by atoms with E-state index in [9.17, 15) is 14.7 Å². The molecule has 3 N–H and O–H groups in total. The second-order valence-electron chi connectivity index (χ2n) is 8.02. The van der Waals surface area contributed by atoms with E-state index in [4.69, 9.17) is 4.74 Å². The first kappa shape index (κ1) is 21.7. The fourth-order valence-corrected chi connectivity index (χ4v) is 5.26. The number of carboxylic acid groups (broad SMARTS) is 1. The number of carbonyl (C=O) groups is 2. The largest absolute Gasteiger partial charge is 0.497 e. The van der Waals surface area contributed by atoms with Crippen LogP contribution in [0.2, 0.25) is 0 Å². The maximum Gasteiger partial charge on any atom is 0.307 e. The molecule has 1 unspecified atom stereocenters. The predicted octanol–water partition coefficient (Wildman–Crippen LogP) is 6.05. The molecule has 1 atom stereocenters. The highest BCUT2D eigenvalue weighted by atomic mass is 32.1. The van der Waals surface area contributed by atoms with Gasteiger partial charge in [-0.05, 0) is 41.3 Å². The quantitative estimate of drug-likeness (QED) is 0.240. The van der Waals surface area contributed by atoms with Gasteiger partial charge in [0.15, 0.2) is 5.78 Å². The highest BCUT2D eigenvalue weighted by Crippen LogP contribution is 2.35. The monoisotopic (exact) mass is 470 g/mol. The molecule has 2 aromatic heterocycles. The van der Waals surface area contributed by atoms with Gasteiger partial charge in [0.2, 0.25) is 0 Å². The molecule has 0 aliphatic rings. The number of nitrogens with one attached hydrogen (secondary N) is 2. The van der Waals surface area contributed by atoms with Crippen LogP contribution >= 0.6 is 11.3 Å². The lowest BCUT2D eigenvalue weighted by Gasteiger charge is -2.19. The smallest absolute Gasteiger partial charge is 0.307 e. The molecule has 0 aliphatic heterocycles. The zero-order chi connectivity index (χ0) is 23.7. The van der Waals surface area contributed by atoms with Crippen LogP contribution < -0.4 is 10.1 Å². The van der Waals surface area contributed by atoms with E-state index >= 15 is 0 Å². The molecule has 5 aromatic rings. The average Bonchev–Trinajstić information content (AvgIpc) is 3.46. The molecule has 0 amide bonds. The zero-order valence-corrected chi connectivity index (χ0v) is 19.2. The third-order valence-electron chi connectivity index (χ3n) is 5.71. The molecule has 7 heteroatoms. The minimum atomic E-state index is -0.935. The lowest BCUT2D eigenvalue weighted by molar-refractivity contribution is -0.136. The van der Waals surface area contributed by atoms with Crippen molar-refractivity contribution >= 4 is 49.8 Å². The topological polar surface area (TPSA) is 91.4 Å². The number of benzene rings is 3. The number of thiophene rings is 1. The molecule has 6 nitrogen and oxygen atoms in total. The summed E-state index contributed by atoms with van der Waals surface area (Å²) in [5.74, 6) is -0.488. The van der Waals surface area contributed by atoms with Crippen molar-refractivity contribution < 1.29 is 19.4 Å². The third-order valence-corrected chi connectivity index (χ3v) is 6.90. The fourth-order valence-electron chi connectivity index (χ4n) is 4.15. The lowest BCUT2D eigenvalue weighted by atomic mass is 10.0. The van der Waals surface area contributed by atoms with Crippen molar-refractivity contribution in [3.05, 3.63) is 95.0 Å². The van der Waals surface area contributed by atoms with Crippen molar-refractivity contribution in [2.24, 2.45) is 0 Å². The van der Waals surface area contributed by atoms with Crippen molar-refractivity contribution in [1.29, 1.82) is 0 Å². The van der Waals surface area contributed by atoms with Crippen molar-refractivity contribution in [3.8, 4) is 5.75 Å². The SMILES string of the molecule is COc1cc(CC(=O)O)cc(NC(C(=O)c2c[nH]c3ccccc23)c2cc3ccccc3s2)c1. The van der Waals surface area contributed by atoms with E-state index in [1.807, 2.05) is 54.6 Å². The Balaban J connectivity index is 1.60. The van der Waals surface area contributed by atoms with Gasteiger partial charge in [-0.25, -0.2) is 0 Å². The minimum Gasteiger partial charge on any atom is -0.497 e. The number of H-pyrrole nitrogens is 1. The Morgan fingerprint density at radius 1 is 1.06 bits per heavy atom. The van der Waals surface area contributed by atoms with E-state index in [1.54, 1.807) is 35.7 Å². The van der Waals surface area contributed by atoms with Crippen LogP contribution in [0.1, 0.15) is 26.8 Å². The van der Waals surface area contributed by atoms with Crippen LogP contribution in [0.25, 0.3) is 21.0 Å². The van der Waals surface area contributed by atoms with Gasteiger partial charge in [0, 0.05) is 44.0 Å². The Kier molecular flexibility index (Phi) is 5.77.